The number of amides is 1. The molecule has 3 saturated heterocycles. The first-order chi connectivity index (χ1) is 22.3. The van der Waals surface area contributed by atoms with Gasteiger partial charge in [0.15, 0.2) is 12.1 Å². The number of aliphatic hydroxyl groups excluding tert-OH is 4. The van der Waals surface area contributed by atoms with E-state index in [4.69, 9.17) is 35.2 Å². The van der Waals surface area contributed by atoms with E-state index in [1.54, 1.807) is 56.4 Å². The molecule has 14 nitrogen and oxygen atoms in total. The summed E-state index contributed by atoms with van der Waals surface area (Å²) in [6.07, 6.45) is 6.16. The molecule has 4 aliphatic rings. The van der Waals surface area contributed by atoms with Gasteiger partial charge in [-0.25, -0.2) is 4.79 Å². The highest BCUT2D eigenvalue weighted by molar-refractivity contribution is 5.82. The van der Waals surface area contributed by atoms with Gasteiger partial charge in [0, 0.05) is 38.2 Å². The van der Waals surface area contributed by atoms with Crippen LogP contribution in [0.4, 0.5) is 0 Å². The van der Waals surface area contributed by atoms with Crippen molar-refractivity contribution in [1.29, 1.82) is 0 Å². The minimum atomic E-state index is -2.04. The second kappa shape index (κ2) is 16.6. The van der Waals surface area contributed by atoms with Crippen LogP contribution in [0.3, 0.4) is 0 Å². The molecule has 9 N–H and O–H groups in total. The second-order valence-electron chi connectivity index (χ2n) is 12.6. The van der Waals surface area contributed by atoms with E-state index in [1.165, 1.54) is 6.08 Å². The van der Waals surface area contributed by atoms with E-state index < -0.39 is 97.3 Å². The molecule has 3 fully saturated rings. The number of allylic oxidation sites excluding steroid dienone is 6. The molecule has 0 aliphatic carbocycles. The van der Waals surface area contributed by atoms with Crippen molar-refractivity contribution in [1.82, 2.24) is 0 Å². The Morgan fingerprint density at radius 3 is 2.36 bits per heavy atom. The SMILES string of the molecule is CC1CC=CC=CC=CC=CC(OC2OC(C)C(O)C(N)C2O)CC2OC(O)(CC(O)CC3OC3C=CC(=O)O1)CC(O)C2C(N)=O. The van der Waals surface area contributed by atoms with E-state index in [0.717, 1.165) is 0 Å². The van der Waals surface area contributed by atoms with Gasteiger partial charge in [-0.2, -0.15) is 0 Å². The minimum absolute atomic E-state index is 0.104. The Kier molecular flexibility index (Phi) is 13.1. The molecule has 0 aromatic heterocycles. The number of nitrogens with two attached hydrogens (primary N) is 2. The monoisotopic (exact) mass is 664 g/mol. The van der Waals surface area contributed by atoms with Gasteiger partial charge in [0.25, 0.3) is 0 Å². The number of fused-ring (bicyclic) bond motifs is 3. The molecule has 47 heavy (non-hydrogen) atoms. The van der Waals surface area contributed by atoms with Crippen molar-refractivity contribution in [2.45, 2.75) is 125 Å². The number of primary amides is 1. The van der Waals surface area contributed by atoms with E-state index in [2.05, 4.69) is 0 Å². The zero-order valence-corrected chi connectivity index (χ0v) is 26.6. The molecule has 262 valence electrons. The lowest BCUT2D eigenvalue weighted by atomic mass is 9.82. The van der Waals surface area contributed by atoms with Gasteiger partial charge in [-0.05, 0) is 19.9 Å². The first kappa shape index (κ1) is 37.1. The number of epoxide rings is 1. The molecule has 0 spiro atoms. The summed E-state index contributed by atoms with van der Waals surface area (Å²) < 4.78 is 28.7. The molecule has 2 bridgehead atoms. The molecule has 4 aliphatic heterocycles. The lowest BCUT2D eigenvalue weighted by Crippen LogP contribution is -2.61. The molecule has 4 rings (SSSR count). The fourth-order valence-corrected chi connectivity index (χ4v) is 6.05. The molecule has 4 heterocycles. The Morgan fingerprint density at radius 1 is 0.936 bits per heavy atom. The van der Waals surface area contributed by atoms with Crippen LogP contribution in [0.1, 0.15) is 46.0 Å². The number of esters is 1. The summed E-state index contributed by atoms with van der Waals surface area (Å²) in [6.45, 7) is 3.36. The van der Waals surface area contributed by atoms with Crippen LogP contribution in [0.25, 0.3) is 0 Å². The number of carbonyl (C=O) groups excluding carboxylic acids is 2. The normalized spacial score (nSPS) is 43.8. The summed E-state index contributed by atoms with van der Waals surface area (Å²) in [5, 5.41) is 54.1. The molecule has 0 aromatic carbocycles. The summed E-state index contributed by atoms with van der Waals surface area (Å²) in [4.78, 5) is 24.7. The predicted octanol–water partition coefficient (Wildman–Crippen LogP) is -0.480. The van der Waals surface area contributed by atoms with Gasteiger partial charge >= 0.3 is 5.97 Å². The van der Waals surface area contributed by atoms with Gasteiger partial charge < -0.3 is 60.7 Å². The number of cyclic esters (lactones) is 1. The molecule has 1 amide bonds. The van der Waals surface area contributed by atoms with Crippen LogP contribution in [0.5, 0.6) is 0 Å². The van der Waals surface area contributed by atoms with Crippen molar-refractivity contribution in [3.63, 3.8) is 0 Å². The minimum Gasteiger partial charge on any atom is -0.459 e. The molecular formula is C33H48N2O12. The second-order valence-corrected chi connectivity index (χ2v) is 12.6. The number of ether oxygens (including phenoxy) is 5. The quantitative estimate of drug-likeness (QED) is 0.149. The maximum absolute atomic E-state index is 12.5. The van der Waals surface area contributed by atoms with Gasteiger partial charge in [0.1, 0.15) is 18.3 Å². The summed E-state index contributed by atoms with van der Waals surface area (Å²) >= 11 is 0. The zero-order valence-electron chi connectivity index (χ0n) is 26.6. The van der Waals surface area contributed by atoms with Crippen molar-refractivity contribution in [2.75, 3.05) is 0 Å². The highest BCUT2D eigenvalue weighted by atomic mass is 16.7. The van der Waals surface area contributed by atoms with E-state index >= 15 is 0 Å². The van der Waals surface area contributed by atoms with Crippen LogP contribution >= 0.6 is 0 Å². The number of hydrogen-bond acceptors (Lipinski definition) is 13. The van der Waals surface area contributed by atoms with Gasteiger partial charge in [-0.1, -0.05) is 48.6 Å². The number of rotatable bonds is 3. The summed E-state index contributed by atoms with van der Waals surface area (Å²) in [5.41, 5.74) is 11.6. The van der Waals surface area contributed by atoms with Crippen LogP contribution in [-0.4, -0.2) is 117 Å². The third kappa shape index (κ3) is 10.6. The fraction of sp³-hybridized carbons (Fsp3) is 0.636. The van der Waals surface area contributed by atoms with Crippen molar-refractivity contribution < 1.29 is 58.8 Å². The fourth-order valence-electron chi connectivity index (χ4n) is 6.05. The molecule has 14 atom stereocenters. The van der Waals surface area contributed by atoms with Gasteiger partial charge in [-0.3, -0.25) is 4.79 Å². The molecule has 0 aromatic rings. The Hall–Kier alpha value is -2.76. The average Bonchev–Trinajstić information content (AvgIpc) is 3.72. The Morgan fingerprint density at radius 2 is 1.64 bits per heavy atom. The van der Waals surface area contributed by atoms with E-state index in [-0.39, 0.29) is 25.4 Å². The first-order valence-electron chi connectivity index (χ1n) is 16.0. The third-order valence-corrected chi connectivity index (χ3v) is 8.62. The van der Waals surface area contributed by atoms with Crippen LogP contribution in [-0.2, 0) is 33.3 Å². The summed E-state index contributed by atoms with van der Waals surface area (Å²) in [7, 11) is 0. The smallest absolute Gasteiger partial charge is 0.330 e. The molecule has 0 saturated carbocycles. The topological polar surface area (TPSA) is 237 Å². The average molecular weight is 665 g/mol. The van der Waals surface area contributed by atoms with Crippen LogP contribution in [0.15, 0.2) is 60.8 Å². The van der Waals surface area contributed by atoms with Crippen molar-refractivity contribution in [3.8, 4) is 0 Å². The number of hydrogen-bond donors (Lipinski definition) is 7. The highest BCUT2D eigenvalue weighted by Gasteiger charge is 2.51. The Balaban J connectivity index is 1.58. The third-order valence-electron chi connectivity index (χ3n) is 8.62. The lowest BCUT2D eigenvalue weighted by molar-refractivity contribution is -0.306. The summed E-state index contributed by atoms with van der Waals surface area (Å²) in [5.74, 6) is -4.66. The van der Waals surface area contributed by atoms with Gasteiger partial charge in [-0.15, -0.1) is 0 Å². The Bertz CT molecular complexity index is 1220. The van der Waals surface area contributed by atoms with Crippen LogP contribution < -0.4 is 11.5 Å². The van der Waals surface area contributed by atoms with Crippen molar-refractivity contribution in [3.05, 3.63) is 60.8 Å². The Labute approximate surface area is 273 Å². The van der Waals surface area contributed by atoms with Gasteiger partial charge in [0.2, 0.25) is 5.91 Å². The van der Waals surface area contributed by atoms with Crippen molar-refractivity contribution in [2.24, 2.45) is 17.4 Å². The van der Waals surface area contributed by atoms with E-state index in [0.29, 0.717) is 6.42 Å². The van der Waals surface area contributed by atoms with Crippen LogP contribution in [0, 0.1) is 5.92 Å². The molecule has 14 unspecified atom stereocenters. The highest BCUT2D eigenvalue weighted by Crippen LogP contribution is 2.39. The maximum Gasteiger partial charge on any atom is 0.330 e. The molecule has 0 radical (unpaired) electrons. The van der Waals surface area contributed by atoms with E-state index in [9.17, 15) is 35.1 Å². The predicted molar refractivity (Wildman–Crippen MR) is 167 cm³/mol. The van der Waals surface area contributed by atoms with Gasteiger partial charge in [0.05, 0.1) is 54.7 Å². The molecule has 14 heteroatoms. The first-order valence-corrected chi connectivity index (χ1v) is 16.0. The largest absolute Gasteiger partial charge is 0.459 e. The standard InChI is InChI=1S/C33H48N2O12/c1-18-10-8-6-4-3-5-7-9-11-21(45-32-30(40)28(34)29(39)19(2)44-32)15-25-27(31(35)41)22(37)17-33(42,47-25)16-20(36)14-24-23(46-24)12-13-26(38)43-18/h3-9,11-13,18-25,27-30,32,36-37,39-40,42H,10,14-17,34H2,1-2H3,(H2,35,41). The van der Waals surface area contributed by atoms with E-state index in [1.807, 2.05) is 12.2 Å². The van der Waals surface area contributed by atoms with Crippen molar-refractivity contribution >= 4 is 11.9 Å². The number of aliphatic hydroxyl groups is 5. The van der Waals surface area contributed by atoms with Crippen LogP contribution in [0.2, 0.25) is 0 Å². The maximum atomic E-state index is 12.5. The summed E-state index contributed by atoms with van der Waals surface area (Å²) in [6, 6.07) is -1.06. The molecular weight excluding hydrogens is 616 g/mol. The number of carbonyl (C=O) groups is 2. The lowest BCUT2D eigenvalue weighted by Gasteiger charge is -2.45. The zero-order chi connectivity index (χ0) is 34.3.